The first-order chi connectivity index (χ1) is 22.0. The molecule has 0 aliphatic carbocycles. The summed E-state index contributed by atoms with van der Waals surface area (Å²) in [4.78, 5) is 49.9. The highest BCUT2D eigenvalue weighted by atomic mass is 35.5. The van der Waals surface area contributed by atoms with E-state index >= 15 is 4.39 Å². The number of nitrogens with zero attached hydrogens (tertiary/aromatic N) is 4. The third-order valence-corrected chi connectivity index (χ3v) is 8.39. The predicted octanol–water partition coefficient (Wildman–Crippen LogP) is 5.92. The molecule has 2 aromatic rings. The molecule has 14 heteroatoms. The fourth-order valence-corrected chi connectivity index (χ4v) is 6.23. The minimum absolute atomic E-state index is 0.00453. The number of pyridine rings is 1. The van der Waals surface area contributed by atoms with Crippen molar-refractivity contribution in [3.05, 3.63) is 34.6 Å². The van der Waals surface area contributed by atoms with E-state index < -0.39 is 35.3 Å². The van der Waals surface area contributed by atoms with Gasteiger partial charge in [-0.2, -0.15) is 0 Å². The van der Waals surface area contributed by atoms with Crippen LogP contribution >= 0.6 is 11.6 Å². The lowest BCUT2D eigenvalue weighted by Crippen LogP contribution is -2.58. The number of rotatable bonds is 4. The van der Waals surface area contributed by atoms with Crippen molar-refractivity contribution in [2.75, 3.05) is 44.8 Å². The number of methoxy groups -OCH3 is 1. The summed E-state index contributed by atoms with van der Waals surface area (Å²) in [5.74, 6) is -1.06. The predicted molar refractivity (Wildman–Crippen MR) is 172 cm³/mol. The van der Waals surface area contributed by atoms with E-state index in [9.17, 15) is 14.4 Å². The number of anilines is 1. The lowest BCUT2D eigenvalue weighted by Gasteiger charge is -2.40. The molecule has 1 aromatic carbocycles. The molecule has 256 valence electrons. The lowest BCUT2D eigenvalue weighted by molar-refractivity contribution is 0.000935. The second-order valence-electron chi connectivity index (χ2n) is 14.0. The van der Waals surface area contributed by atoms with Gasteiger partial charge >= 0.3 is 12.2 Å². The molecule has 5 rings (SSSR count). The van der Waals surface area contributed by atoms with Crippen molar-refractivity contribution in [2.24, 2.45) is 0 Å². The number of hydrogen-bond donors (Lipinski definition) is 0. The van der Waals surface area contributed by atoms with Gasteiger partial charge in [0, 0.05) is 39.3 Å². The topological polar surface area (TPSA) is 120 Å². The molecule has 2 amide bonds. The van der Waals surface area contributed by atoms with Crippen molar-refractivity contribution >= 4 is 35.6 Å². The van der Waals surface area contributed by atoms with Crippen molar-refractivity contribution < 1.29 is 42.5 Å². The van der Waals surface area contributed by atoms with E-state index in [0.717, 1.165) is 0 Å². The summed E-state index contributed by atoms with van der Waals surface area (Å²) in [5.41, 5.74) is -1.69. The fourth-order valence-electron chi connectivity index (χ4n) is 5.94. The van der Waals surface area contributed by atoms with Crippen molar-refractivity contribution in [3.63, 3.8) is 0 Å². The zero-order valence-electron chi connectivity index (χ0n) is 28.0. The third kappa shape index (κ3) is 7.35. The van der Waals surface area contributed by atoms with E-state index in [4.69, 9.17) is 40.3 Å². The van der Waals surface area contributed by atoms with Crippen LogP contribution < -0.4 is 14.4 Å². The molecule has 0 N–H and O–H groups in total. The summed E-state index contributed by atoms with van der Waals surface area (Å²) in [5, 5.41) is -0.129. The third-order valence-electron chi connectivity index (χ3n) is 8.04. The molecule has 0 spiro atoms. The van der Waals surface area contributed by atoms with Crippen LogP contribution in [0.1, 0.15) is 65.2 Å². The second kappa shape index (κ2) is 13.0. The molecule has 2 fully saturated rings. The van der Waals surface area contributed by atoms with Crippen molar-refractivity contribution in [1.29, 1.82) is 0 Å². The summed E-state index contributed by atoms with van der Waals surface area (Å²) >= 11 is 6.98. The van der Waals surface area contributed by atoms with Gasteiger partial charge in [0.2, 0.25) is 0 Å². The number of halogens is 2. The number of piperazine rings is 1. The molecule has 3 aliphatic heterocycles. The SMILES string of the molecule is CO[C@@H]1C[C@H](C)N(c2nc(-c3c(F)cccc3OC(=O)OC(C)(C)C)c(Cl)c3c2C(=O)N2CCN(C(=O)OC(C)(C)C)C[C@@H]2CO3)C1. The zero-order chi connectivity index (χ0) is 34.4. The standard InChI is InChI=1S/C33H42ClFN4O8/c1-18-14-20(43-8)16-39(18)28-24-27(44-17-19-15-37(12-13-38(19)29(24)40)30(41)46-32(2,3)4)25(34)26(36-28)23-21(35)10-9-11-22(23)45-31(42)47-33(5,6)7/h9-11,18-20H,12-17H2,1-8H3/t18-,19+,20+/m0/s1. The van der Waals surface area contributed by atoms with Gasteiger partial charge in [-0.3, -0.25) is 4.79 Å². The Kier molecular flexibility index (Phi) is 9.53. The van der Waals surface area contributed by atoms with Crippen LogP contribution in [0.25, 0.3) is 11.3 Å². The number of benzene rings is 1. The number of hydrogen-bond acceptors (Lipinski definition) is 10. The Balaban J connectivity index is 1.61. The zero-order valence-corrected chi connectivity index (χ0v) is 28.8. The Morgan fingerprint density at radius 3 is 2.36 bits per heavy atom. The van der Waals surface area contributed by atoms with Crippen LogP contribution in [0.15, 0.2) is 18.2 Å². The van der Waals surface area contributed by atoms with Crippen molar-refractivity contribution in [1.82, 2.24) is 14.8 Å². The van der Waals surface area contributed by atoms with Crippen molar-refractivity contribution in [2.45, 2.75) is 84.3 Å². The van der Waals surface area contributed by atoms with Gasteiger partial charge in [0.25, 0.3) is 5.91 Å². The molecule has 4 heterocycles. The van der Waals surface area contributed by atoms with Gasteiger partial charge in [-0.1, -0.05) is 17.7 Å². The Morgan fingerprint density at radius 1 is 1.02 bits per heavy atom. The molecule has 0 radical (unpaired) electrons. The summed E-state index contributed by atoms with van der Waals surface area (Å²) in [6.07, 6.45) is -1.01. The molecule has 3 aliphatic rings. The highest BCUT2D eigenvalue weighted by molar-refractivity contribution is 6.35. The number of fused-ring (bicyclic) bond motifs is 2. The second-order valence-corrected chi connectivity index (χ2v) is 14.3. The van der Waals surface area contributed by atoms with Gasteiger partial charge in [0.05, 0.1) is 17.7 Å². The quantitative estimate of drug-likeness (QED) is 0.285. The maximum atomic E-state index is 15.7. The normalized spacial score (nSPS) is 21.4. The number of aromatic nitrogens is 1. The van der Waals surface area contributed by atoms with Gasteiger partial charge in [-0.15, -0.1) is 0 Å². The van der Waals surface area contributed by atoms with E-state index in [-0.39, 0.29) is 83.5 Å². The van der Waals surface area contributed by atoms with E-state index in [2.05, 4.69) is 0 Å². The Morgan fingerprint density at radius 2 is 1.72 bits per heavy atom. The van der Waals surface area contributed by atoms with Crippen LogP contribution in [0.3, 0.4) is 0 Å². The van der Waals surface area contributed by atoms with Gasteiger partial charge in [-0.25, -0.2) is 19.0 Å². The lowest BCUT2D eigenvalue weighted by atomic mass is 10.0. The Hall–Kier alpha value is -3.84. The summed E-state index contributed by atoms with van der Waals surface area (Å²) in [6.45, 7) is 13.4. The first kappa shape index (κ1) is 34.5. The molecular weight excluding hydrogens is 635 g/mol. The number of ether oxygens (including phenoxy) is 5. The number of carbonyl (C=O) groups is 3. The van der Waals surface area contributed by atoms with Crippen LogP contribution in [-0.4, -0.2) is 102 Å². The van der Waals surface area contributed by atoms with E-state index in [0.29, 0.717) is 13.0 Å². The average Bonchev–Trinajstić information content (AvgIpc) is 3.27. The van der Waals surface area contributed by atoms with Gasteiger partial charge in [0.1, 0.15) is 51.5 Å². The van der Waals surface area contributed by atoms with Crippen molar-refractivity contribution in [3.8, 4) is 22.8 Å². The van der Waals surface area contributed by atoms with Gasteiger partial charge in [-0.05, 0) is 67.0 Å². The fraction of sp³-hybridized carbons (Fsp3) is 0.576. The Bertz CT molecular complexity index is 1560. The maximum Gasteiger partial charge on any atom is 0.514 e. The highest BCUT2D eigenvalue weighted by Gasteiger charge is 2.43. The first-order valence-corrected chi connectivity index (χ1v) is 16.0. The van der Waals surface area contributed by atoms with E-state index in [1.54, 1.807) is 58.5 Å². The summed E-state index contributed by atoms with van der Waals surface area (Å²) in [7, 11) is 1.62. The Labute approximate surface area is 279 Å². The van der Waals surface area contributed by atoms with Crippen LogP contribution in [0, 0.1) is 5.82 Å². The van der Waals surface area contributed by atoms with Gasteiger partial charge in [0.15, 0.2) is 5.75 Å². The van der Waals surface area contributed by atoms with Crippen LogP contribution in [-0.2, 0) is 14.2 Å². The molecular formula is C33H42ClFN4O8. The molecule has 1 aromatic heterocycles. The first-order valence-electron chi connectivity index (χ1n) is 15.6. The maximum absolute atomic E-state index is 15.7. The van der Waals surface area contributed by atoms with Gasteiger partial charge < -0.3 is 38.4 Å². The van der Waals surface area contributed by atoms with E-state index in [1.165, 1.54) is 18.2 Å². The average molecular weight is 677 g/mol. The summed E-state index contributed by atoms with van der Waals surface area (Å²) < 4.78 is 44.0. The minimum Gasteiger partial charge on any atom is -0.489 e. The molecule has 12 nitrogen and oxygen atoms in total. The van der Waals surface area contributed by atoms with Crippen LogP contribution in [0.2, 0.25) is 5.02 Å². The smallest absolute Gasteiger partial charge is 0.489 e. The molecule has 0 unspecified atom stereocenters. The molecule has 0 bridgehead atoms. The molecule has 47 heavy (non-hydrogen) atoms. The molecule has 2 saturated heterocycles. The van der Waals surface area contributed by atoms with Crippen LogP contribution in [0.4, 0.5) is 19.8 Å². The van der Waals surface area contributed by atoms with Crippen LogP contribution in [0.5, 0.6) is 11.5 Å². The number of carbonyl (C=O) groups excluding carboxylic acids is 3. The summed E-state index contributed by atoms with van der Waals surface area (Å²) in [6, 6.07) is 3.35. The largest absolute Gasteiger partial charge is 0.514 e. The number of amides is 2. The molecule has 3 atom stereocenters. The molecule has 0 saturated carbocycles. The minimum atomic E-state index is -1.04. The van der Waals surface area contributed by atoms with E-state index in [1.807, 2.05) is 11.8 Å². The monoisotopic (exact) mass is 676 g/mol. The highest BCUT2D eigenvalue weighted by Crippen LogP contribution is 2.47.